The van der Waals surface area contributed by atoms with Gasteiger partial charge in [-0.05, 0) is 54.9 Å². The van der Waals surface area contributed by atoms with E-state index in [0.29, 0.717) is 18.2 Å². The molecule has 0 unspecified atom stereocenters. The highest BCUT2D eigenvalue weighted by Gasteiger charge is 2.23. The molecule has 0 saturated heterocycles. The van der Waals surface area contributed by atoms with Gasteiger partial charge in [0.1, 0.15) is 6.54 Å². The minimum absolute atomic E-state index is 0.215. The number of para-hydroxylation sites is 1. The van der Waals surface area contributed by atoms with Gasteiger partial charge in [-0.25, -0.2) is 8.42 Å². The molecule has 0 radical (unpaired) electrons. The van der Waals surface area contributed by atoms with Gasteiger partial charge < -0.3 is 5.32 Å². The zero-order chi connectivity index (χ0) is 21.6. The molecule has 0 spiro atoms. The first-order chi connectivity index (χ1) is 13.6. The highest BCUT2D eigenvalue weighted by atomic mass is 32.2. The van der Waals surface area contributed by atoms with Gasteiger partial charge in [0.25, 0.3) is 0 Å². The molecule has 2 aromatic carbocycles. The molecule has 0 aliphatic carbocycles. The van der Waals surface area contributed by atoms with Crippen molar-refractivity contribution in [3.05, 3.63) is 64.7 Å². The predicted molar refractivity (Wildman–Crippen MR) is 120 cm³/mol. The van der Waals surface area contributed by atoms with Crippen LogP contribution in [0.15, 0.2) is 42.5 Å². The third-order valence-corrected chi connectivity index (χ3v) is 6.10. The Morgan fingerprint density at radius 1 is 1.03 bits per heavy atom. The van der Waals surface area contributed by atoms with Crippen molar-refractivity contribution >= 4 is 21.6 Å². The summed E-state index contributed by atoms with van der Waals surface area (Å²) in [5.41, 5.74) is 4.78. The Kier molecular flexibility index (Phi) is 7.85. The third-order valence-electron chi connectivity index (χ3n) is 4.99. The van der Waals surface area contributed by atoms with Crippen LogP contribution in [0.1, 0.15) is 48.4 Å². The average molecular weight is 417 g/mol. The van der Waals surface area contributed by atoms with Gasteiger partial charge in [-0.15, -0.1) is 0 Å². The van der Waals surface area contributed by atoms with Gasteiger partial charge in [-0.2, -0.15) is 0 Å². The lowest BCUT2D eigenvalue weighted by molar-refractivity contribution is -0.119. The Bertz CT molecular complexity index is 915. The smallest absolute Gasteiger partial charge is 0.240 e. The monoisotopic (exact) mass is 416 g/mol. The number of hydrogen-bond donors (Lipinski definition) is 1. The van der Waals surface area contributed by atoms with Crippen LogP contribution in [0, 0.1) is 13.8 Å². The molecule has 2 rings (SSSR count). The first kappa shape index (κ1) is 22.9. The lowest BCUT2D eigenvalue weighted by Crippen LogP contribution is -2.41. The second-order valence-electron chi connectivity index (χ2n) is 7.86. The molecule has 29 heavy (non-hydrogen) atoms. The second kappa shape index (κ2) is 9.92. The normalized spacial score (nSPS) is 11.5. The van der Waals surface area contributed by atoms with Crippen molar-refractivity contribution in [2.75, 3.05) is 23.7 Å². The maximum Gasteiger partial charge on any atom is 0.240 e. The van der Waals surface area contributed by atoms with Crippen LogP contribution < -0.4 is 9.62 Å². The largest absolute Gasteiger partial charge is 0.355 e. The Morgan fingerprint density at radius 2 is 1.62 bits per heavy atom. The summed E-state index contributed by atoms with van der Waals surface area (Å²) in [6.07, 6.45) is 2.80. The quantitative estimate of drug-likeness (QED) is 0.630. The number of carbonyl (C=O) groups is 1. The Labute approximate surface area is 175 Å². The molecule has 1 N–H and O–H groups in total. The van der Waals surface area contributed by atoms with Crippen LogP contribution in [0.3, 0.4) is 0 Å². The van der Waals surface area contributed by atoms with Gasteiger partial charge in [-0.3, -0.25) is 9.10 Å². The second-order valence-corrected chi connectivity index (χ2v) is 9.77. The third kappa shape index (κ3) is 6.60. The van der Waals surface area contributed by atoms with E-state index in [0.717, 1.165) is 30.2 Å². The van der Waals surface area contributed by atoms with Gasteiger partial charge in [0.2, 0.25) is 15.9 Å². The molecule has 0 saturated carbocycles. The van der Waals surface area contributed by atoms with Gasteiger partial charge >= 0.3 is 0 Å². The zero-order valence-corrected chi connectivity index (χ0v) is 18.8. The van der Waals surface area contributed by atoms with E-state index in [-0.39, 0.29) is 12.5 Å². The van der Waals surface area contributed by atoms with E-state index in [2.05, 4.69) is 43.4 Å². The van der Waals surface area contributed by atoms with Gasteiger partial charge in [0, 0.05) is 6.54 Å². The number of sulfonamides is 1. The van der Waals surface area contributed by atoms with Crippen molar-refractivity contribution in [2.24, 2.45) is 0 Å². The summed E-state index contributed by atoms with van der Waals surface area (Å²) in [5.74, 6) is 0.214. The lowest BCUT2D eigenvalue weighted by Gasteiger charge is -2.25. The Balaban J connectivity index is 1.92. The predicted octanol–water partition coefficient (Wildman–Crippen LogP) is 3.94. The Morgan fingerprint density at radius 3 is 2.14 bits per heavy atom. The molecule has 0 aromatic heterocycles. The molecular formula is C23H32N2O3S. The van der Waals surface area contributed by atoms with E-state index in [4.69, 9.17) is 0 Å². The van der Waals surface area contributed by atoms with Crippen molar-refractivity contribution in [3.8, 4) is 0 Å². The van der Waals surface area contributed by atoms with E-state index >= 15 is 0 Å². The van der Waals surface area contributed by atoms with Gasteiger partial charge in [-0.1, -0.05) is 56.3 Å². The number of nitrogens with one attached hydrogen (secondary N) is 1. The van der Waals surface area contributed by atoms with Gasteiger partial charge in [0.05, 0.1) is 11.9 Å². The molecule has 0 bridgehead atoms. The molecule has 0 heterocycles. The van der Waals surface area contributed by atoms with Crippen LogP contribution >= 0.6 is 0 Å². The molecular weight excluding hydrogens is 384 g/mol. The fourth-order valence-corrected chi connectivity index (χ4v) is 4.31. The number of rotatable bonds is 9. The van der Waals surface area contributed by atoms with Crippen molar-refractivity contribution in [3.63, 3.8) is 0 Å². The van der Waals surface area contributed by atoms with Crippen LogP contribution in [-0.2, 0) is 21.2 Å². The fourth-order valence-electron chi connectivity index (χ4n) is 3.34. The molecule has 0 aliphatic rings. The van der Waals surface area contributed by atoms with E-state index in [1.165, 1.54) is 15.4 Å². The molecule has 2 aromatic rings. The summed E-state index contributed by atoms with van der Waals surface area (Å²) in [6, 6.07) is 14.1. The number of benzene rings is 2. The molecule has 158 valence electrons. The minimum atomic E-state index is -3.57. The molecule has 0 atom stereocenters. The Hall–Kier alpha value is -2.34. The molecule has 1 amide bonds. The van der Waals surface area contributed by atoms with Crippen molar-refractivity contribution in [2.45, 2.75) is 46.5 Å². The molecule has 6 heteroatoms. The standard InChI is InChI=1S/C23H32N2O3S/c1-17(2)21-13-11-20(12-14-21)10-7-15-24-22(26)16-25(29(5,27)28)23-18(3)8-6-9-19(23)4/h6,8-9,11-14,17H,7,10,15-16H2,1-5H3,(H,24,26). The summed E-state index contributed by atoms with van der Waals surface area (Å²) in [4.78, 5) is 12.4. The van der Waals surface area contributed by atoms with Crippen LogP contribution in [0.4, 0.5) is 5.69 Å². The van der Waals surface area contributed by atoms with Crippen LogP contribution in [-0.4, -0.2) is 33.7 Å². The SMILES string of the molecule is Cc1cccc(C)c1N(CC(=O)NCCCc1ccc(C(C)C)cc1)S(C)(=O)=O. The molecule has 0 fully saturated rings. The summed E-state index contributed by atoms with van der Waals surface area (Å²) in [7, 11) is -3.57. The number of aryl methyl sites for hydroxylation is 3. The number of anilines is 1. The first-order valence-corrected chi connectivity index (χ1v) is 11.8. The molecule has 0 aliphatic heterocycles. The highest BCUT2D eigenvalue weighted by Crippen LogP contribution is 2.26. The van der Waals surface area contributed by atoms with Crippen LogP contribution in [0.2, 0.25) is 0 Å². The van der Waals surface area contributed by atoms with E-state index in [1.807, 2.05) is 32.0 Å². The first-order valence-electron chi connectivity index (χ1n) is 9.99. The van der Waals surface area contributed by atoms with E-state index < -0.39 is 10.0 Å². The highest BCUT2D eigenvalue weighted by molar-refractivity contribution is 7.92. The van der Waals surface area contributed by atoms with E-state index in [9.17, 15) is 13.2 Å². The molecule has 5 nitrogen and oxygen atoms in total. The maximum absolute atomic E-state index is 12.4. The van der Waals surface area contributed by atoms with Crippen molar-refractivity contribution in [1.82, 2.24) is 5.32 Å². The fraction of sp³-hybridized carbons (Fsp3) is 0.435. The van der Waals surface area contributed by atoms with E-state index in [1.54, 1.807) is 0 Å². The number of nitrogens with zero attached hydrogens (tertiary/aromatic N) is 1. The summed E-state index contributed by atoms with van der Waals surface area (Å²) < 4.78 is 25.8. The van der Waals surface area contributed by atoms with Crippen molar-refractivity contribution < 1.29 is 13.2 Å². The summed E-state index contributed by atoms with van der Waals surface area (Å²) >= 11 is 0. The number of carbonyl (C=O) groups excluding carboxylic acids is 1. The topological polar surface area (TPSA) is 66.5 Å². The lowest BCUT2D eigenvalue weighted by atomic mass is 10.0. The number of hydrogen-bond acceptors (Lipinski definition) is 3. The van der Waals surface area contributed by atoms with Gasteiger partial charge in [0.15, 0.2) is 0 Å². The summed E-state index contributed by atoms with van der Waals surface area (Å²) in [6.45, 7) is 8.33. The van der Waals surface area contributed by atoms with Crippen LogP contribution in [0.5, 0.6) is 0 Å². The minimum Gasteiger partial charge on any atom is -0.355 e. The van der Waals surface area contributed by atoms with Crippen molar-refractivity contribution in [1.29, 1.82) is 0 Å². The maximum atomic E-state index is 12.4. The van der Waals surface area contributed by atoms with Crippen LogP contribution in [0.25, 0.3) is 0 Å². The zero-order valence-electron chi connectivity index (χ0n) is 18.0. The average Bonchev–Trinajstić information content (AvgIpc) is 2.64. The summed E-state index contributed by atoms with van der Waals surface area (Å²) in [5, 5.41) is 2.85. The number of amides is 1.